The Morgan fingerprint density at radius 2 is 2.05 bits per heavy atom. The lowest BCUT2D eigenvalue weighted by atomic mass is 9.73. The van der Waals surface area contributed by atoms with Gasteiger partial charge in [-0.05, 0) is 25.0 Å². The Kier molecular flexibility index (Phi) is 3.08. The Hall–Kier alpha value is -1.73. The number of nitrogens with zero attached hydrogens (tertiary/aromatic N) is 2. The lowest BCUT2D eigenvalue weighted by Gasteiger charge is -2.53. The van der Waals surface area contributed by atoms with Crippen LogP contribution in [0.3, 0.4) is 0 Å². The molecule has 1 spiro atoms. The van der Waals surface area contributed by atoms with Crippen LogP contribution in [0.2, 0.25) is 0 Å². The molecule has 4 heteroatoms. The normalized spacial score (nSPS) is 20.7. The molecule has 100 valence electrons. The van der Waals surface area contributed by atoms with Gasteiger partial charge in [0, 0.05) is 37.8 Å². The zero-order chi connectivity index (χ0) is 13.3. The Morgan fingerprint density at radius 3 is 2.68 bits per heavy atom. The molecular weight excluding hydrogens is 240 g/mol. The third kappa shape index (κ3) is 2.15. The maximum atomic E-state index is 8.92. The fourth-order valence-electron chi connectivity index (χ4n) is 3.06. The van der Waals surface area contributed by atoms with E-state index in [1.165, 1.54) is 0 Å². The first-order valence-electron chi connectivity index (χ1n) is 6.67. The highest BCUT2D eigenvalue weighted by Gasteiger charge is 2.44. The number of benzene rings is 1. The van der Waals surface area contributed by atoms with E-state index in [0.717, 1.165) is 50.6 Å². The van der Waals surface area contributed by atoms with Gasteiger partial charge in [-0.25, -0.2) is 0 Å². The summed E-state index contributed by atoms with van der Waals surface area (Å²) in [5, 5.41) is 8.92. The summed E-state index contributed by atoms with van der Waals surface area (Å²) in [5.74, 6) is 0.793. The van der Waals surface area contributed by atoms with Crippen LogP contribution in [0.5, 0.6) is 5.75 Å². The van der Waals surface area contributed by atoms with Crippen LogP contribution in [0.4, 0.5) is 5.69 Å². The van der Waals surface area contributed by atoms with Gasteiger partial charge >= 0.3 is 0 Å². The molecule has 0 N–H and O–H groups in total. The van der Waals surface area contributed by atoms with E-state index in [1.54, 1.807) is 7.11 Å². The number of hydrogen-bond donors (Lipinski definition) is 0. The van der Waals surface area contributed by atoms with Gasteiger partial charge in [0.25, 0.3) is 0 Å². The molecule has 0 atom stereocenters. The standard InChI is InChI=1S/C15H18N2O2/c1-18-14-8-12(9-16)2-3-13(14)17-10-15(11-17)4-6-19-7-5-15/h2-3,8H,4-7,10-11H2,1H3. The maximum absolute atomic E-state index is 8.92. The van der Waals surface area contributed by atoms with Crippen LogP contribution >= 0.6 is 0 Å². The summed E-state index contributed by atoms with van der Waals surface area (Å²) in [5.41, 5.74) is 2.18. The van der Waals surface area contributed by atoms with Crippen LogP contribution in [0.15, 0.2) is 18.2 Å². The van der Waals surface area contributed by atoms with Crippen molar-refractivity contribution in [2.45, 2.75) is 12.8 Å². The lowest BCUT2D eigenvalue weighted by Crippen LogP contribution is -2.58. The van der Waals surface area contributed by atoms with Crippen molar-refractivity contribution < 1.29 is 9.47 Å². The molecule has 1 aromatic rings. The van der Waals surface area contributed by atoms with Crippen LogP contribution < -0.4 is 9.64 Å². The fraction of sp³-hybridized carbons (Fsp3) is 0.533. The molecule has 0 saturated carbocycles. The molecule has 2 aliphatic rings. The van der Waals surface area contributed by atoms with Gasteiger partial charge in [0.1, 0.15) is 5.75 Å². The molecule has 2 saturated heterocycles. The van der Waals surface area contributed by atoms with E-state index < -0.39 is 0 Å². The molecule has 2 fully saturated rings. The summed E-state index contributed by atoms with van der Waals surface area (Å²) in [6.07, 6.45) is 2.31. The van der Waals surface area contributed by atoms with Crippen LogP contribution in [0.25, 0.3) is 0 Å². The van der Waals surface area contributed by atoms with Crippen molar-refractivity contribution in [1.82, 2.24) is 0 Å². The van der Waals surface area contributed by atoms with E-state index in [1.807, 2.05) is 18.2 Å². The molecule has 0 amide bonds. The lowest BCUT2D eigenvalue weighted by molar-refractivity contribution is -0.000312. The van der Waals surface area contributed by atoms with Gasteiger partial charge in [-0.2, -0.15) is 5.26 Å². The first-order chi connectivity index (χ1) is 9.26. The highest BCUT2D eigenvalue weighted by molar-refractivity contribution is 5.63. The summed E-state index contributed by atoms with van der Waals surface area (Å²) < 4.78 is 10.8. The molecule has 0 radical (unpaired) electrons. The molecular formula is C15H18N2O2. The monoisotopic (exact) mass is 258 g/mol. The fourth-order valence-corrected chi connectivity index (χ4v) is 3.06. The predicted octanol–water partition coefficient (Wildman–Crippen LogP) is 2.18. The SMILES string of the molecule is COc1cc(C#N)ccc1N1CC2(CCOCC2)C1. The van der Waals surface area contributed by atoms with Gasteiger partial charge in [-0.3, -0.25) is 0 Å². The minimum absolute atomic E-state index is 0.442. The first-order valence-corrected chi connectivity index (χ1v) is 6.67. The number of ether oxygens (including phenoxy) is 2. The van der Waals surface area contributed by atoms with Crippen molar-refractivity contribution in [1.29, 1.82) is 5.26 Å². The second-order valence-corrected chi connectivity index (χ2v) is 5.47. The summed E-state index contributed by atoms with van der Waals surface area (Å²) >= 11 is 0. The predicted molar refractivity (Wildman–Crippen MR) is 72.4 cm³/mol. The largest absolute Gasteiger partial charge is 0.495 e. The molecule has 19 heavy (non-hydrogen) atoms. The van der Waals surface area contributed by atoms with E-state index in [9.17, 15) is 0 Å². The van der Waals surface area contributed by atoms with Crippen molar-refractivity contribution in [3.05, 3.63) is 23.8 Å². The number of rotatable bonds is 2. The molecule has 4 nitrogen and oxygen atoms in total. The average Bonchev–Trinajstić information content (AvgIpc) is 2.45. The minimum Gasteiger partial charge on any atom is -0.495 e. The topological polar surface area (TPSA) is 45.5 Å². The van der Waals surface area contributed by atoms with Crippen LogP contribution in [0.1, 0.15) is 18.4 Å². The molecule has 3 rings (SSSR count). The van der Waals surface area contributed by atoms with E-state index in [2.05, 4.69) is 11.0 Å². The zero-order valence-corrected chi connectivity index (χ0v) is 11.2. The Bertz CT molecular complexity index is 507. The Balaban J connectivity index is 1.76. The number of anilines is 1. The second-order valence-electron chi connectivity index (χ2n) is 5.47. The van der Waals surface area contributed by atoms with Crippen LogP contribution in [-0.4, -0.2) is 33.4 Å². The van der Waals surface area contributed by atoms with Gasteiger partial charge in [0.15, 0.2) is 0 Å². The van der Waals surface area contributed by atoms with Crippen molar-refractivity contribution >= 4 is 5.69 Å². The van der Waals surface area contributed by atoms with Gasteiger partial charge in [0.2, 0.25) is 0 Å². The molecule has 0 aromatic heterocycles. The maximum Gasteiger partial charge on any atom is 0.143 e. The quantitative estimate of drug-likeness (QED) is 0.815. The number of methoxy groups -OCH3 is 1. The van der Waals surface area contributed by atoms with E-state index in [-0.39, 0.29) is 0 Å². The van der Waals surface area contributed by atoms with Crippen molar-refractivity contribution in [3.63, 3.8) is 0 Å². The van der Waals surface area contributed by atoms with Gasteiger partial charge in [0.05, 0.1) is 24.4 Å². The first kappa shape index (κ1) is 12.3. The summed E-state index contributed by atoms with van der Waals surface area (Å²) in [6, 6.07) is 7.80. The van der Waals surface area contributed by atoms with Crippen LogP contribution in [0, 0.1) is 16.7 Å². The zero-order valence-electron chi connectivity index (χ0n) is 11.2. The number of hydrogen-bond acceptors (Lipinski definition) is 4. The Morgan fingerprint density at radius 1 is 1.32 bits per heavy atom. The van der Waals surface area contributed by atoms with Crippen LogP contribution in [-0.2, 0) is 4.74 Å². The van der Waals surface area contributed by atoms with Gasteiger partial charge in [-0.1, -0.05) is 0 Å². The van der Waals surface area contributed by atoms with E-state index in [4.69, 9.17) is 14.7 Å². The summed E-state index contributed by atoms with van der Waals surface area (Å²) in [6.45, 7) is 3.91. The molecule has 0 unspecified atom stereocenters. The van der Waals surface area contributed by atoms with Crippen molar-refractivity contribution in [2.24, 2.45) is 5.41 Å². The summed E-state index contributed by atoms with van der Waals surface area (Å²) in [4.78, 5) is 2.34. The second kappa shape index (κ2) is 4.75. The van der Waals surface area contributed by atoms with E-state index >= 15 is 0 Å². The third-order valence-corrected chi connectivity index (χ3v) is 4.26. The third-order valence-electron chi connectivity index (χ3n) is 4.26. The molecule has 2 aliphatic heterocycles. The smallest absolute Gasteiger partial charge is 0.143 e. The highest BCUT2D eigenvalue weighted by Crippen LogP contribution is 2.44. The van der Waals surface area contributed by atoms with Gasteiger partial charge in [-0.15, -0.1) is 0 Å². The number of nitriles is 1. The Labute approximate surface area is 113 Å². The molecule has 0 bridgehead atoms. The van der Waals surface area contributed by atoms with Crippen molar-refractivity contribution in [2.75, 3.05) is 38.3 Å². The molecule has 1 aromatic carbocycles. The molecule has 2 heterocycles. The highest BCUT2D eigenvalue weighted by atomic mass is 16.5. The molecule has 0 aliphatic carbocycles. The minimum atomic E-state index is 0.442. The van der Waals surface area contributed by atoms with Gasteiger partial charge < -0.3 is 14.4 Å². The summed E-state index contributed by atoms with van der Waals surface area (Å²) in [7, 11) is 1.66. The average molecular weight is 258 g/mol. The van der Waals surface area contributed by atoms with E-state index in [0.29, 0.717) is 11.0 Å². The van der Waals surface area contributed by atoms with Crippen molar-refractivity contribution in [3.8, 4) is 11.8 Å².